The van der Waals surface area contributed by atoms with Gasteiger partial charge in [-0.15, -0.1) is 0 Å². The van der Waals surface area contributed by atoms with E-state index in [1.54, 1.807) is 30.2 Å². The van der Waals surface area contributed by atoms with E-state index in [1.807, 2.05) is 37.2 Å². The first kappa shape index (κ1) is 20.1. The predicted octanol–water partition coefficient (Wildman–Crippen LogP) is 4.93. The van der Waals surface area contributed by atoms with Crippen LogP contribution in [0.25, 0.3) is 10.2 Å². The molecule has 0 aliphatic carbocycles. The van der Waals surface area contributed by atoms with Gasteiger partial charge in [-0.2, -0.15) is 0 Å². The molecule has 0 aliphatic rings. The Kier molecular flexibility index (Phi) is 6.37. The highest BCUT2D eigenvalue weighted by Crippen LogP contribution is 2.39. The number of hydrogen-bond acceptors (Lipinski definition) is 5. The zero-order chi connectivity index (χ0) is 19.6. The molecule has 3 aromatic rings. The van der Waals surface area contributed by atoms with Crippen molar-refractivity contribution in [1.29, 1.82) is 0 Å². The minimum atomic E-state index is -0.113. The van der Waals surface area contributed by atoms with Gasteiger partial charge in [-0.25, -0.2) is 4.98 Å². The number of amides is 1. The molecular formula is C19H19BrClN3O2S. The maximum Gasteiger partial charge on any atom is 0.261 e. The van der Waals surface area contributed by atoms with Crippen LogP contribution in [0.2, 0.25) is 5.02 Å². The fraction of sp³-hybridized carbons (Fsp3) is 0.263. The molecule has 0 N–H and O–H groups in total. The smallest absolute Gasteiger partial charge is 0.261 e. The lowest BCUT2D eigenvalue weighted by Crippen LogP contribution is -2.36. The number of nitrogens with zero attached hydrogens (tertiary/aromatic N) is 3. The molecule has 1 heterocycles. The van der Waals surface area contributed by atoms with Crippen LogP contribution in [0.15, 0.2) is 40.9 Å². The second-order valence-corrected chi connectivity index (χ2v) is 8.40. The molecule has 0 unspecified atom stereocenters. The van der Waals surface area contributed by atoms with Crippen molar-refractivity contribution in [3.05, 3.63) is 51.5 Å². The van der Waals surface area contributed by atoms with E-state index in [9.17, 15) is 4.79 Å². The Morgan fingerprint density at radius 2 is 1.96 bits per heavy atom. The van der Waals surface area contributed by atoms with Crippen LogP contribution in [0.5, 0.6) is 5.75 Å². The summed E-state index contributed by atoms with van der Waals surface area (Å²) in [5.74, 6) is 0.524. The second-order valence-electron chi connectivity index (χ2n) is 6.16. The number of benzene rings is 2. The first-order valence-corrected chi connectivity index (χ1v) is 10.2. The summed E-state index contributed by atoms with van der Waals surface area (Å²) in [6.45, 7) is 1.21. The third kappa shape index (κ3) is 4.27. The second kappa shape index (κ2) is 8.56. The van der Waals surface area contributed by atoms with Gasteiger partial charge in [0, 0.05) is 17.6 Å². The van der Waals surface area contributed by atoms with Crippen molar-refractivity contribution >= 4 is 60.1 Å². The van der Waals surface area contributed by atoms with Gasteiger partial charge in [-0.05, 0) is 54.3 Å². The lowest BCUT2D eigenvalue weighted by molar-refractivity contribution is 0.0984. The molecule has 0 saturated heterocycles. The topological polar surface area (TPSA) is 45.7 Å². The Labute approximate surface area is 175 Å². The number of thiazole rings is 1. The number of hydrogen-bond donors (Lipinski definition) is 0. The fourth-order valence-corrected chi connectivity index (χ4v) is 4.32. The summed E-state index contributed by atoms with van der Waals surface area (Å²) in [5, 5.41) is 1.19. The van der Waals surface area contributed by atoms with Crippen LogP contribution >= 0.6 is 38.9 Å². The molecule has 0 aliphatic heterocycles. The monoisotopic (exact) mass is 467 g/mol. The van der Waals surface area contributed by atoms with E-state index in [4.69, 9.17) is 16.3 Å². The van der Waals surface area contributed by atoms with E-state index in [2.05, 4.69) is 20.9 Å². The molecule has 0 atom stereocenters. The van der Waals surface area contributed by atoms with Crippen LogP contribution in [0.4, 0.5) is 5.13 Å². The molecule has 0 saturated carbocycles. The lowest BCUT2D eigenvalue weighted by Gasteiger charge is -2.22. The molecule has 8 heteroatoms. The summed E-state index contributed by atoms with van der Waals surface area (Å²) in [4.78, 5) is 21.7. The highest BCUT2D eigenvalue weighted by Gasteiger charge is 2.24. The molecule has 5 nitrogen and oxygen atoms in total. The van der Waals surface area contributed by atoms with Crippen LogP contribution < -0.4 is 9.64 Å². The normalized spacial score (nSPS) is 11.2. The molecule has 1 aromatic heterocycles. The summed E-state index contributed by atoms with van der Waals surface area (Å²) < 4.78 is 6.96. The summed E-state index contributed by atoms with van der Waals surface area (Å²) in [5.41, 5.74) is 1.26. The first-order chi connectivity index (χ1) is 12.9. The average Bonchev–Trinajstić information content (AvgIpc) is 3.08. The SMILES string of the molecule is COc1ccc(Cl)c2sc(N(CCN(C)C)C(=O)c3ccccc3Br)nc12. The summed E-state index contributed by atoms with van der Waals surface area (Å²) in [6, 6.07) is 11.0. The van der Waals surface area contributed by atoms with Gasteiger partial charge in [0.2, 0.25) is 0 Å². The van der Waals surface area contributed by atoms with Crippen LogP contribution in [0.1, 0.15) is 10.4 Å². The van der Waals surface area contributed by atoms with Crippen LogP contribution in [0, 0.1) is 0 Å². The Bertz CT molecular complexity index is 977. The standard InChI is InChI=1S/C19H19BrClN3O2S/c1-23(2)10-11-24(18(25)12-6-4-5-7-13(12)20)19-22-16-15(26-3)9-8-14(21)17(16)27-19/h4-9H,10-11H2,1-3H3. The first-order valence-electron chi connectivity index (χ1n) is 8.26. The van der Waals surface area contributed by atoms with Crippen molar-refractivity contribution in [2.75, 3.05) is 39.2 Å². The Balaban J connectivity index is 2.08. The van der Waals surface area contributed by atoms with Crippen molar-refractivity contribution in [3.8, 4) is 5.75 Å². The van der Waals surface area contributed by atoms with E-state index in [0.717, 1.165) is 9.17 Å². The van der Waals surface area contributed by atoms with Gasteiger partial charge in [0.15, 0.2) is 5.13 Å². The maximum atomic E-state index is 13.3. The largest absolute Gasteiger partial charge is 0.494 e. The molecule has 0 radical (unpaired) electrons. The Hall–Kier alpha value is -1.67. The molecule has 3 rings (SSSR count). The molecule has 2 aromatic carbocycles. The highest BCUT2D eigenvalue weighted by atomic mass is 79.9. The minimum Gasteiger partial charge on any atom is -0.494 e. The van der Waals surface area contributed by atoms with Crippen molar-refractivity contribution in [1.82, 2.24) is 9.88 Å². The third-order valence-corrected chi connectivity index (χ3v) is 6.25. The Morgan fingerprint density at radius 3 is 2.63 bits per heavy atom. The van der Waals surface area contributed by atoms with Crippen molar-refractivity contribution < 1.29 is 9.53 Å². The van der Waals surface area contributed by atoms with Crippen molar-refractivity contribution in [3.63, 3.8) is 0 Å². The number of fused-ring (bicyclic) bond motifs is 1. The number of halogens is 2. The minimum absolute atomic E-state index is 0.113. The third-order valence-electron chi connectivity index (χ3n) is 4.02. The Morgan fingerprint density at radius 1 is 1.22 bits per heavy atom. The van der Waals surface area contributed by atoms with E-state index in [1.165, 1.54) is 11.3 Å². The van der Waals surface area contributed by atoms with E-state index < -0.39 is 0 Å². The number of likely N-dealkylation sites (N-methyl/N-ethyl adjacent to an activating group) is 1. The van der Waals surface area contributed by atoms with Gasteiger partial charge < -0.3 is 9.64 Å². The maximum absolute atomic E-state index is 13.3. The van der Waals surface area contributed by atoms with Crippen LogP contribution in [-0.4, -0.2) is 50.1 Å². The zero-order valence-electron chi connectivity index (χ0n) is 15.2. The number of methoxy groups -OCH3 is 1. The van der Waals surface area contributed by atoms with E-state index in [-0.39, 0.29) is 5.91 Å². The van der Waals surface area contributed by atoms with Crippen molar-refractivity contribution in [2.24, 2.45) is 0 Å². The van der Waals surface area contributed by atoms with E-state index >= 15 is 0 Å². The van der Waals surface area contributed by atoms with E-state index in [0.29, 0.717) is 40.1 Å². The molecule has 0 spiro atoms. The quantitative estimate of drug-likeness (QED) is 0.515. The number of rotatable bonds is 6. The van der Waals surface area contributed by atoms with Gasteiger partial charge in [-0.1, -0.05) is 35.1 Å². The lowest BCUT2D eigenvalue weighted by atomic mass is 10.2. The number of aromatic nitrogens is 1. The number of carbonyl (C=O) groups is 1. The molecule has 27 heavy (non-hydrogen) atoms. The summed E-state index contributed by atoms with van der Waals surface area (Å²) in [6.07, 6.45) is 0. The number of carbonyl (C=O) groups excluding carboxylic acids is 1. The van der Waals surface area contributed by atoms with Gasteiger partial charge in [0.25, 0.3) is 5.91 Å². The van der Waals surface area contributed by atoms with Gasteiger partial charge >= 0.3 is 0 Å². The van der Waals surface area contributed by atoms with Crippen molar-refractivity contribution in [2.45, 2.75) is 0 Å². The van der Waals surface area contributed by atoms with Gasteiger partial charge in [-0.3, -0.25) is 9.69 Å². The molecule has 0 fully saturated rings. The molecule has 1 amide bonds. The van der Waals surface area contributed by atoms with Crippen LogP contribution in [-0.2, 0) is 0 Å². The number of ether oxygens (including phenoxy) is 1. The average molecular weight is 469 g/mol. The van der Waals surface area contributed by atoms with Gasteiger partial charge in [0.05, 0.1) is 22.4 Å². The number of anilines is 1. The molecular weight excluding hydrogens is 450 g/mol. The van der Waals surface area contributed by atoms with Crippen LogP contribution in [0.3, 0.4) is 0 Å². The highest BCUT2D eigenvalue weighted by molar-refractivity contribution is 9.10. The van der Waals surface area contributed by atoms with Gasteiger partial charge in [0.1, 0.15) is 11.3 Å². The zero-order valence-corrected chi connectivity index (χ0v) is 18.4. The summed E-state index contributed by atoms with van der Waals surface area (Å²) in [7, 11) is 5.54. The molecule has 0 bridgehead atoms. The fourth-order valence-electron chi connectivity index (χ4n) is 2.59. The summed E-state index contributed by atoms with van der Waals surface area (Å²) >= 11 is 11.2. The predicted molar refractivity (Wildman–Crippen MR) is 116 cm³/mol. The molecule has 142 valence electrons.